The van der Waals surface area contributed by atoms with E-state index in [9.17, 15) is 9.90 Å². The number of nitrogens with two attached hydrogens (primary N) is 1. The van der Waals surface area contributed by atoms with Crippen LogP contribution in [0.3, 0.4) is 0 Å². The first kappa shape index (κ1) is 12.7. The van der Waals surface area contributed by atoms with Gasteiger partial charge in [-0.2, -0.15) is 0 Å². The fourth-order valence-electron chi connectivity index (χ4n) is 2.55. The number of pyridine rings is 1. The third kappa shape index (κ3) is 2.55. The summed E-state index contributed by atoms with van der Waals surface area (Å²) >= 11 is 0. The second-order valence-corrected chi connectivity index (χ2v) is 4.83. The predicted octanol–water partition coefficient (Wildman–Crippen LogP) is 1.99. The first-order valence-corrected chi connectivity index (χ1v) is 6.35. The Morgan fingerprint density at radius 1 is 1.67 bits per heavy atom. The molecule has 0 radical (unpaired) electrons. The number of hydrogen-bond acceptors (Lipinski definition) is 4. The number of carboxylic acids is 1. The largest absolute Gasteiger partial charge is 0.478 e. The molecule has 0 spiro atoms. The van der Waals surface area contributed by atoms with Crippen molar-refractivity contribution < 1.29 is 9.90 Å². The fourth-order valence-corrected chi connectivity index (χ4v) is 2.55. The average Bonchev–Trinajstić information content (AvgIpc) is 2.78. The van der Waals surface area contributed by atoms with E-state index in [0.717, 1.165) is 19.5 Å². The lowest BCUT2D eigenvalue weighted by Gasteiger charge is -2.19. The minimum Gasteiger partial charge on any atom is -0.478 e. The maximum atomic E-state index is 11.2. The summed E-state index contributed by atoms with van der Waals surface area (Å²) in [5.41, 5.74) is 6.18. The van der Waals surface area contributed by atoms with Crippen molar-refractivity contribution in [3.8, 4) is 0 Å². The van der Waals surface area contributed by atoms with E-state index in [4.69, 9.17) is 5.73 Å². The van der Waals surface area contributed by atoms with Crippen LogP contribution in [0, 0.1) is 5.92 Å². The maximum absolute atomic E-state index is 11.2. The standard InChI is InChI=1S/C13H19N3O2/c1-2-3-9-4-5-16(8-9)12-11(13(17)18)6-10(14)7-15-12/h6-7,9H,2-5,8,14H2,1H3,(H,17,18). The number of aromatic nitrogens is 1. The molecule has 1 aromatic heterocycles. The van der Waals surface area contributed by atoms with Crippen molar-refractivity contribution in [1.82, 2.24) is 4.98 Å². The molecule has 0 aliphatic carbocycles. The molecular formula is C13H19N3O2. The number of aromatic carboxylic acids is 1. The van der Waals surface area contributed by atoms with Gasteiger partial charge in [0.2, 0.25) is 0 Å². The van der Waals surface area contributed by atoms with Crippen LogP contribution < -0.4 is 10.6 Å². The van der Waals surface area contributed by atoms with Gasteiger partial charge in [-0.15, -0.1) is 0 Å². The molecule has 0 saturated carbocycles. The van der Waals surface area contributed by atoms with Crippen LogP contribution in [0.25, 0.3) is 0 Å². The van der Waals surface area contributed by atoms with Gasteiger partial charge < -0.3 is 15.7 Å². The Kier molecular flexibility index (Phi) is 3.69. The van der Waals surface area contributed by atoms with E-state index >= 15 is 0 Å². The van der Waals surface area contributed by atoms with Crippen LogP contribution in [0.1, 0.15) is 36.5 Å². The van der Waals surface area contributed by atoms with E-state index in [1.54, 1.807) is 0 Å². The molecule has 18 heavy (non-hydrogen) atoms. The van der Waals surface area contributed by atoms with E-state index in [0.29, 0.717) is 17.4 Å². The predicted molar refractivity (Wildman–Crippen MR) is 70.8 cm³/mol. The van der Waals surface area contributed by atoms with Gasteiger partial charge in [-0.25, -0.2) is 9.78 Å². The first-order chi connectivity index (χ1) is 8.61. The van der Waals surface area contributed by atoms with E-state index in [-0.39, 0.29) is 5.56 Å². The van der Waals surface area contributed by atoms with E-state index in [2.05, 4.69) is 16.8 Å². The summed E-state index contributed by atoms with van der Waals surface area (Å²) in [4.78, 5) is 17.5. The minimum absolute atomic E-state index is 0.201. The minimum atomic E-state index is -0.969. The molecule has 0 bridgehead atoms. The number of nitrogen functional groups attached to an aromatic ring is 1. The van der Waals surface area contributed by atoms with Gasteiger partial charge in [0.15, 0.2) is 0 Å². The highest BCUT2D eigenvalue weighted by atomic mass is 16.4. The zero-order valence-corrected chi connectivity index (χ0v) is 10.6. The molecule has 2 heterocycles. The lowest BCUT2D eigenvalue weighted by atomic mass is 10.0. The lowest BCUT2D eigenvalue weighted by Crippen LogP contribution is -2.23. The van der Waals surface area contributed by atoms with Crippen molar-refractivity contribution in [3.63, 3.8) is 0 Å². The second-order valence-electron chi connectivity index (χ2n) is 4.83. The van der Waals surface area contributed by atoms with Crippen molar-refractivity contribution >= 4 is 17.5 Å². The van der Waals surface area contributed by atoms with Gasteiger partial charge >= 0.3 is 5.97 Å². The van der Waals surface area contributed by atoms with E-state index < -0.39 is 5.97 Å². The summed E-state index contributed by atoms with van der Waals surface area (Å²) in [7, 11) is 0. The van der Waals surface area contributed by atoms with E-state index in [1.165, 1.54) is 25.1 Å². The zero-order chi connectivity index (χ0) is 13.1. The highest BCUT2D eigenvalue weighted by Gasteiger charge is 2.26. The average molecular weight is 249 g/mol. The van der Waals surface area contributed by atoms with Gasteiger partial charge in [-0.3, -0.25) is 0 Å². The molecule has 1 fully saturated rings. The summed E-state index contributed by atoms with van der Waals surface area (Å²) in [6, 6.07) is 1.48. The summed E-state index contributed by atoms with van der Waals surface area (Å²) in [5, 5.41) is 9.20. The van der Waals surface area contributed by atoms with Crippen LogP contribution in [-0.2, 0) is 0 Å². The molecule has 5 heteroatoms. The third-order valence-corrected chi connectivity index (χ3v) is 3.40. The number of nitrogens with zero attached hydrogens (tertiary/aromatic N) is 2. The Labute approximate surface area is 107 Å². The van der Waals surface area contributed by atoms with Crippen molar-refractivity contribution in [1.29, 1.82) is 0 Å². The molecule has 0 amide bonds. The molecule has 1 aliphatic rings. The highest BCUT2D eigenvalue weighted by molar-refractivity contribution is 5.94. The van der Waals surface area contributed by atoms with Crippen LogP contribution in [0.2, 0.25) is 0 Å². The highest BCUT2D eigenvalue weighted by Crippen LogP contribution is 2.28. The summed E-state index contributed by atoms with van der Waals surface area (Å²) in [6.45, 7) is 3.94. The van der Waals surface area contributed by atoms with Crippen LogP contribution in [0.5, 0.6) is 0 Å². The Morgan fingerprint density at radius 3 is 3.11 bits per heavy atom. The van der Waals surface area contributed by atoms with Crippen molar-refractivity contribution in [2.24, 2.45) is 5.92 Å². The van der Waals surface area contributed by atoms with Gasteiger partial charge in [-0.1, -0.05) is 13.3 Å². The Hall–Kier alpha value is -1.78. The van der Waals surface area contributed by atoms with Crippen LogP contribution in [0.15, 0.2) is 12.3 Å². The summed E-state index contributed by atoms with van der Waals surface area (Å²) < 4.78 is 0. The zero-order valence-electron chi connectivity index (χ0n) is 10.6. The molecule has 5 nitrogen and oxygen atoms in total. The molecule has 1 aromatic rings. The number of carbonyl (C=O) groups is 1. The van der Waals surface area contributed by atoms with Gasteiger partial charge in [0, 0.05) is 13.1 Å². The Morgan fingerprint density at radius 2 is 2.44 bits per heavy atom. The molecule has 1 saturated heterocycles. The molecular weight excluding hydrogens is 230 g/mol. The molecule has 98 valence electrons. The number of anilines is 2. The normalized spacial score (nSPS) is 19.2. The molecule has 0 aromatic carbocycles. The molecule has 2 rings (SSSR count). The maximum Gasteiger partial charge on any atom is 0.339 e. The topological polar surface area (TPSA) is 79.5 Å². The van der Waals surface area contributed by atoms with Gasteiger partial charge in [-0.05, 0) is 24.8 Å². The first-order valence-electron chi connectivity index (χ1n) is 6.35. The molecule has 3 N–H and O–H groups in total. The van der Waals surface area contributed by atoms with Crippen LogP contribution in [-0.4, -0.2) is 29.1 Å². The molecule has 1 unspecified atom stereocenters. The van der Waals surface area contributed by atoms with Gasteiger partial charge in [0.05, 0.1) is 11.9 Å². The smallest absolute Gasteiger partial charge is 0.339 e. The van der Waals surface area contributed by atoms with Gasteiger partial charge in [0.1, 0.15) is 11.4 Å². The number of hydrogen-bond donors (Lipinski definition) is 2. The van der Waals surface area contributed by atoms with Crippen LogP contribution in [0.4, 0.5) is 11.5 Å². The van der Waals surface area contributed by atoms with Crippen LogP contribution >= 0.6 is 0 Å². The number of carboxylic acid groups (broad SMARTS) is 1. The molecule has 1 aliphatic heterocycles. The fraction of sp³-hybridized carbons (Fsp3) is 0.538. The Bertz CT molecular complexity index is 448. The molecule has 1 atom stereocenters. The monoisotopic (exact) mass is 249 g/mol. The van der Waals surface area contributed by atoms with Crippen molar-refractivity contribution in [3.05, 3.63) is 17.8 Å². The quantitative estimate of drug-likeness (QED) is 0.853. The summed E-state index contributed by atoms with van der Waals surface area (Å²) in [5.74, 6) is 0.232. The second kappa shape index (κ2) is 5.25. The number of rotatable bonds is 4. The summed E-state index contributed by atoms with van der Waals surface area (Å²) in [6.07, 6.45) is 4.99. The van der Waals surface area contributed by atoms with Crippen molar-refractivity contribution in [2.75, 3.05) is 23.7 Å². The SMILES string of the molecule is CCCC1CCN(c2ncc(N)cc2C(=O)O)C1. The third-order valence-electron chi connectivity index (χ3n) is 3.40. The van der Waals surface area contributed by atoms with Crippen molar-refractivity contribution in [2.45, 2.75) is 26.2 Å². The van der Waals surface area contributed by atoms with E-state index in [1.807, 2.05) is 0 Å². The van der Waals surface area contributed by atoms with Gasteiger partial charge in [0.25, 0.3) is 0 Å². The lowest BCUT2D eigenvalue weighted by molar-refractivity contribution is 0.0697. The Balaban J connectivity index is 2.21.